The van der Waals surface area contributed by atoms with Crippen molar-refractivity contribution in [1.82, 2.24) is 0 Å². The van der Waals surface area contributed by atoms with Gasteiger partial charge in [0.1, 0.15) is 5.75 Å². The molecule has 0 fully saturated rings. The molecule has 4 aromatic rings. The molecule has 3 aromatic carbocycles. The highest BCUT2D eigenvalue weighted by atomic mass is 32.2. The second-order valence-corrected chi connectivity index (χ2v) is 10.5. The zero-order chi connectivity index (χ0) is 23.3. The highest BCUT2D eigenvalue weighted by molar-refractivity contribution is 7.90. The van der Waals surface area contributed by atoms with E-state index in [1.165, 1.54) is 0 Å². The van der Waals surface area contributed by atoms with Gasteiger partial charge in [0.2, 0.25) is 0 Å². The first kappa shape index (κ1) is 22.8. The molecule has 1 amide bonds. The lowest BCUT2D eigenvalue weighted by atomic mass is 10.1. The van der Waals surface area contributed by atoms with Gasteiger partial charge in [-0.05, 0) is 65.5 Å². The average molecular weight is 478 g/mol. The molecule has 0 bridgehead atoms. The molecule has 7 heteroatoms. The molecule has 168 valence electrons. The Morgan fingerprint density at radius 3 is 2.18 bits per heavy atom. The monoisotopic (exact) mass is 477 g/mol. The second-order valence-electron chi connectivity index (χ2n) is 7.44. The lowest BCUT2D eigenvalue weighted by molar-refractivity contribution is 0.0985. The molecule has 0 saturated heterocycles. The Morgan fingerprint density at radius 1 is 0.879 bits per heavy atom. The van der Waals surface area contributed by atoms with Crippen molar-refractivity contribution < 1.29 is 17.9 Å². The molecule has 5 nitrogen and oxygen atoms in total. The fourth-order valence-electron chi connectivity index (χ4n) is 3.43. The van der Waals surface area contributed by atoms with Gasteiger partial charge in [0, 0.05) is 16.1 Å². The van der Waals surface area contributed by atoms with Crippen LogP contribution in [0.3, 0.4) is 0 Å². The van der Waals surface area contributed by atoms with Crippen LogP contribution in [0, 0.1) is 0 Å². The van der Waals surface area contributed by atoms with Crippen LogP contribution >= 0.6 is 11.3 Å². The number of carbonyl (C=O) groups is 1. The molecule has 0 radical (unpaired) electrons. The van der Waals surface area contributed by atoms with Crippen LogP contribution in [-0.2, 0) is 22.1 Å². The summed E-state index contributed by atoms with van der Waals surface area (Å²) < 4.78 is 30.6. The van der Waals surface area contributed by atoms with E-state index < -0.39 is 9.84 Å². The lowest BCUT2D eigenvalue weighted by Gasteiger charge is -2.23. The Hall–Kier alpha value is -3.42. The maximum absolute atomic E-state index is 13.4. The number of sulfone groups is 1. The molecule has 1 aromatic heterocycles. The first-order valence-electron chi connectivity index (χ1n) is 10.3. The van der Waals surface area contributed by atoms with Crippen molar-refractivity contribution in [2.45, 2.75) is 17.2 Å². The van der Waals surface area contributed by atoms with E-state index in [0.717, 1.165) is 10.6 Å². The summed E-state index contributed by atoms with van der Waals surface area (Å²) in [6.45, 7) is 0.437. The Kier molecular flexibility index (Phi) is 6.91. The van der Waals surface area contributed by atoms with E-state index >= 15 is 0 Å². The normalized spacial score (nSPS) is 11.2. The summed E-state index contributed by atoms with van der Waals surface area (Å²) in [5, 5.41) is 1.98. The Labute approximate surface area is 197 Å². The van der Waals surface area contributed by atoms with Gasteiger partial charge in [0.25, 0.3) is 5.91 Å². The minimum atomic E-state index is -3.45. The topological polar surface area (TPSA) is 63.7 Å². The fourth-order valence-corrected chi connectivity index (χ4v) is 5.49. The third-order valence-corrected chi connectivity index (χ3v) is 7.75. The van der Waals surface area contributed by atoms with Crippen LogP contribution < -0.4 is 9.64 Å². The molecule has 0 spiro atoms. The summed E-state index contributed by atoms with van der Waals surface area (Å²) in [6, 6.07) is 26.4. The van der Waals surface area contributed by atoms with Crippen LogP contribution in [0.5, 0.6) is 5.75 Å². The maximum Gasteiger partial charge on any atom is 0.258 e. The number of hydrogen-bond acceptors (Lipinski definition) is 5. The van der Waals surface area contributed by atoms with E-state index in [4.69, 9.17) is 4.74 Å². The maximum atomic E-state index is 13.4. The van der Waals surface area contributed by atoms with E-state index in [9.17, 15) is 13.2 Å². The van der Waals surface area contributed by atoms with Crippen molar-refractivity contribution in [1.29, 1.82) is 0 Å². The Balaban J connectivity index is 1.57. The van der Waals surface area contributed by atoms with Crippen molar-refractivity contribution in [3.63, 3.8) is 0 Å². The zero-order valence-corrected chi connectivity index (χ0v) is 19.7. The molecule has 0 saturated carbocycles. The molecule has 4 rings (SSSR count). The first-order valence-corrected chi connectivity index (χ1v) is 12.8. The highest BCUT2D eigenvalue weighted by Crippen LogP contribution is 2.25. The van der Waals surface area contributed by atoms with Gasteiger partial charge in [-0.2, -0.15) is 0 Å². The predicted octanol–water partition coefficient (Wildman–Crippen LogP) is 5.58. The molecule has 0 N–H and O–H groups in total. The third-order valence-electron chi connectivity index (χ3n) is 5.18. The van der Waals surface area contributed by atoms with Crippen LogP contribution in [0.1, 0.15) is 20.8 Å². The van der Waals surface area contributed by atoms with Crippen LogP contribution in [0.2, 0.25) is 0 Å². The van der Waals surface area contributed by atoms with Crippen molar-refractivity contribution in [2.75, 3.05) is 12.0 Å². The standard InChI is InChI=1S/C26H23NO4S2/c1-31-23-15-13-22(14-16-23)27(18-24-6-5-17-32-24)26(28)21-11-9-20(10-12-21)19-33(29,30)25-7-3-2-4-8-25/h2-17H,18-19H2,1H3. The molecule has 0 unspecified atom stereocenters. The molecule has 0 aliphatic rings. The van der Waals surface area contributed by atoms with Gasteiger partial charge >= 0.3 is 0 Å². The smallest absolute Gasteiger partial charge is 0.258 e. The Bertz CT molecular complexity index is 1300. The molecule has 1 heterocycles. The second kappa shape index (κ2) is 10.0. The number of nitrogens with zero attached hydrogens (tertiary/aromatic N) is 1. The summed E-state index contributed by atoms with van der Waals surface area (Å²) in [7, 11) is -1.85. The highest BCUT2D eigenvalue weighted by Gasteiger charge is 2.20. The minimum Gasteiger partial charge on any atom is -0.497 e. The van der Waals surface area contributed by atoms with E-state index in [-0.39, 0.29) is 16.6 Å². The van der Waals surface area contributed by atoms with Gasteiger partial charge in [0.15, 0.2) is 9.84 Å². The van der Waals surface area contributed by atoms with Gasteiger partial charge in [-0.15, -0.1) is 11.3 Å². The number of rotatable bonds is 8. The SMILES string of the molecule is COc1ccc(N(Cc2cccs2)C(=O)c2ccc(CS(=O)(=O)c3ccccc3)cc2)cc1. The van der Waals surface area contributed by atoms with Crippen LogP contribution in [0.4, 0.5) is 5.69 Å². The minimum absolute atomic E-state index is 0.122. The molecule has 0 atom stereocenters. The number of ether oxygens (including phenoxy) is 1. The lowest BCUT2D eigenvalue weighted by Crippen LogP contribution is -2.30. The summed E-state index contributed by atoms with van der Waals surface area (Å²) in [4.78, 5) is 16.5. The Morgan fingerprint density at radius 2 is 1.58 bits per heavy atom. The van der Waals surface area contributed by atoms with Gasteiger partial charge in [-0.25, -0.2) is 8.42 Å². The van der Waals surface area contributed by atoms with Crippen LogP contribution in [0.25, 0.3) is 0 Å². The molecular formula is C26H23NO4S2. The number of hydrogen-bond donors (Lipinski definition) is 0. The molecular weight excluding hydrogens is 454 g/mol. The largest absolute Gasteiger partial charge is 0.497 e. The predicted molar refractivity (Wildman–Crippen MR) is 132 cm³/mol. The summed E-state index contributed by atoms with van der Waals surface area (Å²) in [5.74, 6) is 0.431. The number of methoxy groups -OCH3 is 1. The van der Waals surface area contributed by atoms with Crippen molar-refractivity contribution in [3.05, 3.63) is 112 Å². The van der Waals surface area contributed by atoms with Crippen molar-refractivity contribution >= 4 is 32.8 Å². The number of amides is 1. The van der Waals surface area contributed by atoms with Crippen molar-refractivity contribution in [3.8, 4) is 5.75 Å². The van der Waals surface area contributed by atoms with Crippen LogP contribution in [0.15, 0.2) is 101 Å². The molecule has 33 heavy (non-hydrogen) atoms. The van der Waals surface area contributed by atoms with E-state index in [2.05, 4.69) is 0 Å². The van der Waals surface area contributed by atoms with Gasteiger partial charge < -0.3 is 9.64 Å². The van der Waals surface area contributed by atoms with Gasteiger partial charge in [0.05, 0.1) is 24.3 Å². The summed E-state index contributed by atoms with van der Waals surface area (Å²) in [6.07, 6.45) is 0. The van der Waals surface area contributed by atoms with Crippen molar-refractivity contribution in [2.24, 2.45) is 0 Å². The van der Waals surface area contributed by atoms with Crippen LogP contribution in [-0.4, -0.2) is 21.4 Å². The zero-order valence-electron chi connectivity index (χ0n) is 18.0. The van der Waals surface area contributed by atoms with E-state index in [1.54, 1.807) is 77.9 Å². The van der Waals surface area contributed by atoms with Gasteiger partial charge in [-0.3, -0.25) is 4.79 Å². The van der Waals surface area contributed by atoms with E-state index in [0.29, 0.717) is 23.4 Å². The van der Waals surface area contributed by atoms with Gasteiger partial charge in [-0.1, -0.05) is 36.4 Å². The number of thiophene rings is 1. The number of carbonyl (C=O) groups excluding carboxylic acids is 1. The number of anilines is 1. The average Bonchev–Trinajstić information content (AvgIpc) is 3.36. The van der Waals surface area contributed by atoms with E-state index in [1.807, 2.05) is 41.8 Å². The fraction of sp³-hybridized carbons (Fsp3) is 0.115. The molecule has 0 aliphatic carbocycles. The molecule has 0 aliphatic heterocycles. The summed E-state index contributed by atoms with van der Waals surface area (Å²) in [5.41, 5.74) is 1.87. The first-order chi connectivity index (χ1) is 16.0. The summed E-state index contributed by atoms with van der Waals surface area (Å²) >= 11 is 1.59. The third kappa shape index (κ3) is 5.50. The number of benzene rings is 3. The quantitative estimate of drug-likeness (QED) is 0.332.